The first-order valence-electron chi connectivity index (χ1n) is 6.84. The molecule has 8 nitrogen and oxygen atoms in total. The maximum atomic E-state index is 11.8. The average Bonchev–Trinajstić information content (AvgIpc) is 2.78. The molecule has 0 bridgehead atoms. The van der Waals surface area contributed by atoms with Gasteiger partial charge in [0.1, 0.15) is 6.04 Å². The van der Waals surface area contributed by atoms with Crippen molar-refractivity contribution in [2.24, 2.45) is 0 Å². The Morgan fingerprint density at radius 2 is 2.14 bits per heavy atom. The number of H-pyrrole nitrogens is 1. The second-order valence-corrected chi connectivity index (χ2v) is 5.38. The van der Waals surface area contributed by atoms with Gasteiger partial charge in [0.2, 0.25) is 11.8 Å². The number of carbonyl (C=O) groups excluding carboxylic acids is 2. The van der Waals surface area contributed by atoms with Crippen molar-refractivity contribution in [3.8, 4) is 0 Å². The molecule has 0 aliphatic rings. The molecule has 0 spiro atoms. The number of thioether (sulfide) groups is 1. The van der Waals surface area contributed by atoms with Gasteiger partial charge in [0, 0.05) is 13.1 Å². The van der Waals surface area contributed by atoms with Gasteiger partial charge in [-0.3, -0.25) is 14.2 Å². The number of hydrogen-bond donors (Lipinski definition) is 3. The van der Waals surface area contributed by atoms with Gasteiger partial charge >= 0.3 is 5.69 Å². The van der Waals surface area contributed by atoms with Gasteiger partial charge in [-0.25, -0.2) is 9.89 Å². The minimum Gasteiger partial charge on any atom is -0.355 e. The maximum absolute atomic E-state index is 11.8. The van der Waals surface area contributed by atoms with E-state index in [4.69, 9.17) is 0 Å². The second-order valence-electron chi connectivity index (χ2n) is 4.44. The summed E-state index contributed by atoms with van der Waals surface area (Å²) in [5, 5.41) is 11.9. The first kappa shape index (κ1) is 17.3. The Morgan fingerprint density at radius 3 is 2.76 bits per heavy atom. The van der Waals surface area contributed by atoms with Crippen molar-refractivity contribution in [2.45, 2.75) is 44.9 Å². The Hall–Kier alpha value is -1.77. The van der Waals surface area contributed by atoms with Crippen LogP contribution in [0.3, 0.4) is 0 Å². The predicted octanol–water partition coefficient (Wildman–Crippen LogP) is -0.286. The number of hydrogen-bond acceptors (Lipinski definition) is 5. The van der Waals surface area contributed by atoms with E-state index in [1.165, 1.54) is 4.57 Å². The Morgan fingerprint density at radius 1 is 1.43 bits per heavy atom. The molecule has 0 aromatic carbocycles. The van der Waals surface area contributed by atoms with E-state index in [1.807, 2.05) is 13.8 Å². The number of aromatic amines is 1. The van der Waals surface area contributed by atoms with Crippen LogP contribution in [0.5, 0.6) is 0 Å². The van der Waals surface area contributed by atoms with Gasteiger partial charge in [-0.2, -0.15) is 0 Å². The minimum atomic E-state index is -0.588. The third kappa shape index (κ3) is 5.25. The van der Waals surface area contributed by atoms with Crippen molar-refractivity contribution < 1.29 is 9.59 Å². The maximum Gasteiger partial charge on any atom is 0.343 e. The number of nitrogens with one attached hydrogen (secondary N) is 3. The smallest absolute Gasteiger partial charge is 0.343 e. The quantitative estimate of drug-likeness (QED) is 0.571. The van der Waals surface area contributed by atoms with E-state index in [9.17, 15) is 14.4 Å². The fourth-order valence-electron chi connectivity index (χ4n) is 1.64. The highest BCUT2D eigenvalue weighted by Gasteiger charge is 2.16. The highest BCUT2D eigenvalue weighted by atomic mass is 32.2. The van der Waals surface area contributed by atoms with Gasteiger partial charge in [0.25, 0.3) is 0 Å². The molecule has 0 aliphatic heterocycles. The van der Waals surface area contributed by atoms with E-state index in [0.29, 0.717) is 18.2 Å². The summed E-state index contributed by atoms with van der Waals surface area (Å²) in [6.07, 6.45) is 0.799. The van der Waals surface area contributed by atoms with Crippen molar-refractivity contribution >= 4 is 23.6 Å². The third-order valence-corrected chi connectivity index (χ3v) is 3.60. The molecule has 1 aromatic heterocycles. The number of rotatable bonds is 8. The summed E-state index contributed by atoms with van der Waals surface area (Å²) in [4.78, 5) is 34.8. The van der Waals surface area contributed by atoms with E-state index in [0.717, 1.165) is 18.2 Å². The highest BCUT2D eigenvalue weighted by Crippen LogP contribution is 2.12. The average molecular weight is 315 g/mol. The van der Waals surface area contributed by atoms with Crippen LogP contribution in [0.1, 0.15) is 27.2 Å². The number of aromatic nitrogens is 3. The summed E-state index contributed by atoms with van der Waals surface area (Å²) in [5.41, 5.74) is -0.282. The standard InChI is InChI=1S/C12H21N5O3S/c1-4-6-17-11(20)15-16-12(17)21-7-9(18)14-8(3)10(19)13-5-2/h8H,4-7H2,1-3H3,(H,13,19)(H,14,18)(H,15,20)/t8-/m1/s1. The van der Waals surface area contributed by atoms with Gasteiger partial charge in [0.05, 0.1) is 5.75 Å². The van der Waals surface area contributed by atoms with Gasteiger partial charge < -0.3 is 10.6 Å². The summed E-state index contributed by atoms with van der Waals surface area (Å²) in [6.45, 7) is 6.45. The molecule has 0 saturated heterocycles. The fraction of sp³-hybridized carbons (Fsp3) is 0.667. The highest BCUT2D eigenvalue weighted by molar-refractivity contribution is 7.99. The van der Waals surface area contributed by atoms with Crippen LogP contribution in [-0.2, 0) is 16.1 Å². The van der Waals surface area contributed by atoms with Crippen molar-refractivity contribution in [1.29, 1.82) is 0 Å². The summed E-state index contributed by atoms with van der Waals surface area (Å²) in [5.74, 6) is -0.409. The van der Waals surface area contributed by atoms with E-state index < -0.39 is 6.04 Å². The minimum absolute atomic E-state index is 0.0950. The van der Waals surface area contributed by atoms with Gasteiger partial charge in [-0.05, 0) is 20.3 Å². The van der Waals surface area contributed by atoms with Gasteiger partial charge in [-0.15, -0.1) is 5.10 Å². The summed E-state index contributed by atoms with van der Waals surface area (Å²) < 4.78 is 1.49. The second kappa shape index (κ2) is 8.50. The van der Waals surface area contributed by atoms with Crippen LogP contribution in [0.2, 0.25) is 0 Å². The lowest BCUT2D eigenvalue weighted by Gasteiger charge is -2.13. The molecule has 9 heteroatoms. The molecule has 21 heavy (non-hydrogen) atoms. The largest absolute Gasteiger partial charge is 0.355 e. The van der Waals surface area contributed by atoms with Crippen LogP contribution in [0, 0.1) is 0 Å². The monoisotopic (exact) mass is 315 g/mol. The molecule has 1 rings (SSSR count). The molecule has 0 aliphatic carbocycles. The lowest BCUT2D eigenvalue weighted by Crippen LogP contribution is -2.45. The molecule has 1 heterocycles. The molecule has 0 fully saturated rings. The lowest BCUT2D eigenvalue weighted by molar-refractivity contribution is -0.127. The van der Waals surface area contributed by atoms with E-state index in [2.05, 4.69) is 20.8 Å². The number of carbonyl (C=O) groups is 2. The van der Waals surface area contributed by atoms with Gasteiger partial charge in [-0.1, -0.05) is 18.7 Å². The Labute approximate surface area is 127 Å². The molecule has 0 unspecified atom stereocenters. The zero-order valence-electron chi connectivity index (χ0n) is 12.4. The fourth-order valence-corrected chi connectivity index (χ4v) is 2.42. The molecule has 0 radical (unpaired) electrons. The normalized spacial score (nSPS) is 12.0. The van der Waals surface area contributed by atoms with Crippen molar-refractivity contribution in [3.05, 3.63) is 10.5 Å². The van der Waals surface area contributed by atoms with Crippen LogP contribution >= 0.6 is 11.8 Å². The van der Waals surface area contributed by atoms with Crippen LogP contribution in [0.4, 0.5) is 0 Å². The third-order valence-electron chi connectivity index (χ3n) is 2.62. The first-order valence-corrected chi connectivity index (χ1v) is 7.83. The molecule has 2 amide bonds. The van der Waals surface area contributed by atoms with Crippen molar-refractivity contribution in [3.63, 3.8) is 0 Å². The van der Waals surface area contributed by atoms with E-state index in [-0.39, 0.29) is 23.3 Å². The SMILES string of the molecule is CCCn1c(SCC(=O)N[C@H](C)C(=O)NCC)n[nH]c1=O. The zero-order valence-corrected chi connectivity index (χ0v) is 13.2. The molecule has 118 valence electrons. The van der Waals surface area contributed by atoms with Crippen molar-refractivity contribution in [1.82, 2.24) is 25.4 Å². The lowest BCUT2D eigenvalue weighted by atomic mass is 10.3. The summed E-state index contributed by atoms with van der Waals surface area (Å²) in [6, 6.07) is -0.588. The number of likely N-dealkylation sites (N-methyl/N-ethyl adjacent to an activating group) is 1. The Balaban J connectivity index is 2.50. The van der Waals surface area contributed by atoms with Crippen molar-refractivity contribution in [2.75, 3.05) is 12.3 Å². The van der Waals surface area contributed by atoms with Crippen LogP contribution in [0.15, 0.2) is 9.95 Å². The van der Waals surface area contributed by atoms with Crippen LogP contribution in [-0.4, -0.2) is 44.9 Å². The molecular formula is C12H21N5O3S. The summed E-state index contributed by atoms with van der Waals surface area (Å²) >= 11 is 1.16. The molecular weight excluding hydrogens is 294 g/mol. The molecule has 1 aromatic rings. The van der Waals surface area contributed by atoms with E-state index >= 15 is 0 Å². The molecule has 1 atom stereocenters. The zero-order chi connectivity index (χ0) is 15.8. The Kier molecular flexibility index (Phi) is 7.00. The first-order chi connectivity index (χ1) is 9.99. The molecule has 3 N–H and O–H groups in total. The summed E-state index contributed by atoms with van der Waals surface area (Å²) in [7, 11) is 0. The number of nitrogens with zero attached hydrogens (tertiary/aromatic N) is 2. The van der Waals surface area contributed by atoms with Crippen LogP contribution < -0.4 is 16.3 Å². The topological polar surface area (TPSA) is 109 Å². The van der Waals surface area contributed by atoms with E-state index in [1.54, 1.807) is 6.92 Å². The van der Waals surface area contributed by atoms with Gasteiger partial charge in [0.15, 0.2) is 5.16 Å². The van der Waals surface area contributed by atoms with Crippen LogP contribution in [0.25, 0.3) is 0 Å². The number of amides is 2. The predicted molar refractivity (Wildman–Crippen MR) is 80.2 cm³/mol. The Bertz CT molecular complexity index is 539. The molecule has 0 saturated carbocycles.